The van der Waals surface area contributed by atoms with Gasteiger partial charge in [-0.1, -0.05) is 0 Å². The zero-order valence-corrected chi connectivity index (χ0v) is 13.4. The van der Waals surface area contributed by atoms with Gasteiger partial charge in [-0.25, -0.2) is 0 Å². The highest BCUT2D eigenvalue weighted by molar-refractivity contribution is 5.93. The molecular weight excluding hydrogens is 294 g/mol. The second-order valence-corrected chi connectivity index (χ2v) is 5.53. The first-order valence-electron chi connectivity index (χ1n) is 6.93. The Labute approximate surface area is 134 Å². The first-order valence-corrected chi connectivity index (χ1v) is 6.93. The van der Waals surface area contributed by atoms with Crippen LogP contribution in [0, 0.1) is 20.8 Å². The summed E-state index contributed by atoms with van der Waals surface area (Å²) in [6.07, 6.45) is 0. The average molecular weight is 317 g/mol. The van der Waals surface area contributed by atoms with Crippen molar-refractivity contribution >= 4 is 39.8 Å². The van der Waals surface area contributed by atoms with Crippen LogP contribution in [0.1, 0.15) is 16.7 Å². The summed E-state index contributed by atoms with van der Waals surface area (Å²) in [5.41, 5.74) is 45.8. The van der Waals surface area contributed by atoms with Gasteiger partial charge in [0.25, 0.3) is 0 Å². The molecule has 0 aliphatic rings. The Balaban J connectivity index is 2.71. The lowest BCUT2D eigenvalue weighted by atomic mass is 10.0. The number of benzene rings is 2. The van der Waals surface area contributed by atoms with Crippen LogP contribution in [0.3, 0.4) is 0 Å². The second kappa shape index (κ2) is 5.24. The van der Waals surface area contributed by atoms with Crippen molar-refractivity contribution in [3.8, 4) is 11.5 Å². The van der Waals surface area contributed by atoms with Crippen LogP contribution in [-0.4, -0.2) is 0 Å². The summed E-state index contributed by atoms with van der Waals surface area (Å²) in [7, 11) is 0. The van der Waals surface area contributed by atoms with E-state index in [9.17, 15) is 0 Å². The molecule has 8 nitrogen and oxygen atoms in total. The van der Waals surface area contributed by atoms with Crippen molar-refractivity contribution in [2.45, 2.75) is 20.8 Å². The van der Waals surface area contributed by atoms with Gasteiger partial charge >= 0.3 is 0 Å². The molecule has 0 atom stereocenters. The maximum absolute atomic E-state index is 6.09. The van der Waals surface area contributed by atoms with E-state index < -0.39 is 0 Å². The van der Waals surface area contributed by atoms with Crippen LogP contribution >= 0.6 is 0 Å². The van der Waals surface area contributed by atoms with Crippen molar-refractivity contribution < 1.29 is 4.74 Å². The van der Waals surface area contributed by atoms with Gasteiger partial charge in [0.05, 0.1) is 28.4 Å². The fourth-order valence-corrected chi connectivity index (χ4v) is 2.34. The van der Waals surface area contributed by atoms with E-state index >= 15 is 0 Å². The molecule has 0 fully saturated rings. The number of rotatable bonds is 2. The molecule has 0 aromatic heterocycles. The van der Waals surface area contributed by atoms with Crippen LogP contribution in [0.4, 0.5) is 39.8 Å². The molecule has 0 amide bonds. The Morgan fingerprint density at radius 2 is 0.870 bits per heavy atom. The second-order valence-electron chi connectivity index (χ2n) is 5.53. The zero-order valence-electron chi connectivity index (χ0n) is 13.4. The molecular formula is C15H23N7O. The van der Waals surface area contributed by atoms with E-state index in [-0.39, 0.29) is 28.6 Å². The molecule has 0 saturated carbocycles. The van der Waals surface area contributed by atoms with Crippen LogP contribution in [0.2, 0.25) is 0 Å². The van der Waals surface area contributed by atoms with Gasteiger partial charge in [0, 0.05) is 11.3 Å². The fourth-order valence-electron chi connectivity index (χ4n) is 2.34. The van der Waals surface area contributed by atoms with Crippen LogP contribution in [0.15, 0.2) is 0 Å². The van der Waals surface area contributed by atoms with Crippen LogP contribution in [-0.2, 0) is 0 Å². The van der Waals surface area contributed by atoms with Crippen molar-refractivity contribution in [1.29, 1.82) is 0 Å². The van der Waals surface area contributed by atoms with Crippen LogP contribution < -0.4 is 44.9 Å². The predicted molar refractivity (Wildman–Crippen MR) is 98.1 cm³/mol. The number of hydrogen-bond donors (Lipinski definition) is 7. The van der Waals surface area contributed by atoms with Crippen molar-refractivity contribution in [1.82, 2.24) is 0 Å². The number of ether oxygens (including phenoxy) is 1. The minimum atomic E-state index is 0.157. The lowest BCUT2D eigenvalue weighted by Crippen LogP contribution is -2.10. The third kappa shape index (κ3) is 2.24. The van der Waals surface area contributed by atoms with E-state index in [1.807, 2.05) is 0 Å². The van der Waals surface area contributed by atoms with Gasteiger partial charge in [0.15, 0.2) is 11.5 Å². The Hall–Kier alpha value is -3.16. The van der Waals surface area contributed by atoms with Gasteiger partial charge < -0.3 is 44.9 Å². The third-order valence-electron chi connectivity index (χ3n) is 4.17. The van der Waals surface area contributed by atoms with Gasteiger partial charge in [-0.15, -0.1) is 0 Å². The van der Waals surface area contributed by atoms with Crippen LogP contribution in [0.25, 0.3) is 0 Å². The summed E-state index contributed by atoms with van der Waals surface area (Å²) in [6, 6.07) is 0. The molecule has 2 aromatic carbocycles. The first-order chi connectivity index (χ1) is 10.6. The standard InChI is InChI=1S/C15H23N7O/c1-4-7(16)5(2)10(19)15(9(4)18)23-14-6(3)8(17)11(20)12(21)13(14)22/h16-22H2,1-3H3. The number of hydrogen-bond acceptors (Lipinski definition) is 8. The summed E-state index contributed by atoms with van der Waals surface area (Å²) in [5, 5.41) is 0. The minimum absolute atomic E-state index is 0.157. The largest absolute Gasteiger partial charge is 0.450 e. The minimum Gasteiger partial charge on any atom is -0.450 e. The van der Waals surface area contributed by atoms with Gasteiger partial charge in [-0.3, -0.25) is 0 Å². The lowest BCUT2D eigenvalue weighted by Gasteiger charge is -2.21. The summed E-state index contributed by atoms with van der Waals surface area (Å²) in [4.78, 5) is 0. The lowest BCUT2D eigenvalue weighted by molar-refractivity contribution is 0.486. The topological polar surface area (TPSA) is 191 Å². The quantitative estimate of drug-likeness (QED) is 0.405. The molecule has 0 aliphatic heterocycles. The van der Waals surface area contributed by atoms with Gasteiger partial charge in [0.1, 0.15) is 5.69 Å². The Kier molecular flexibility index (Phi) is 3.69. The molecule has 0 heterocycles. The maximum atomic E-state index is 6.09. The molecule has 0 aliphatic carbocycles. The SMILES string of the molecule is Cc1c(N)c(C)c(N)c(Oc2c(C)c(N)c(N)c(N)c2N)c1N. The third-order valence-corrected chi connectivity index (χ3v) is 4.17. The van der Waals surface area contributed by atoms with Crippen molar-refractivity contribution in [3.63, 3.8) is 0 Å². The van der Waals surface area contributed by atoms with E-state index in [1.54, 1.807) is 20.8 Å². The monoisotopic (exact) mass is 317 g/mol. The molecule has 0 spiro atoms. The van der Waals surface area contributed by atoms with Gasteiger partial charge in [-0.2, -0.15) is 0 Å². The number of nitrogen functional groups attached to an aromatic ring is 7. The molecule has 14 N–H and O–H groups in total. The molecule has 23 heavy (non-hydrogen) atoms. The first kappa shape index (κ1) is 16.2. The molecule has 0 unspecified atom stereocenters. The summed E-state index contributed by atoms with van der Waals surface area (Å²) < 4.78 is 5.89. The molecule has 0 radical (unpaired) electrons. The summed E-state index contributed by atoms with van der Waals surface area (Å²) in [5.74, 6) is 0.545. The van der Waals surface area contributed by atoms with Crippen LogP contribution in [0.5, 0.6) is 11.5 Å². The normalized spacial score (nSPS) is 10.7. The van der Waals surface area contributed by atoms with E-state index in [1.165, 1.54) is 0 Å². The Bertz CT molecular complexity index is 689. The Morgan fingerprint density at radius 3 is 1.35 bits per heavy atom. The van der Waals surface area contributed by atoms with Crippen molar-refractivity contribution in [3.05, 3.63) is 16.7 Å². The molecule has 8 heteroatoms. The van der Waals surface area contributed by atoms with E-state index in [2.05, 4.69) is 0 Å². The predicted octanol–water partition coefficient (Wildman–Crippen LogP) is 1.48. The van der Waals surface area contributed by atoms with Crippen molar-refractivity contribution in [2.75, 3.05) is 40.1 Å². The average Bonchev–Trinajstić information content (AvgIpc) is 2.54. The highest BCUT2D eigenvalue weighted by Gasteiger charge is 2.21. The molecule has 0 bridgehead atoms. The Morgan fingerprint density at radius 1 is 0.435 bits per heavy atom. The van der Waals surface area contributed by atoms with Gasteiger partial charge in [-0.05, 0) is 31.9 Å². The highest BCUT2D eigenvalue weighted by Crippen LogP contribution is 2.47. The van der Waals surface area contributed by atoms with E-state index in [0.29, 0.717) is 39.4 Å². The molecule has 2 rings (SSSR count). The number of anilines is 7. The zero-order chi connectivity index (χ0) is 17.6. The van der Waals surface area contributed by atoms with E-state index in [4.69, 9.17) is 44.9 Å². The molecule has 0 saturated heterocycles. The van der Waals surface area contributed by atoms with Gasteiger partial charge in [0.2, 0.25) is 0 Å². The molecule has 2 aromatic rings. The smallest absolute Gasteiger partial charge is 0.173 e. The van der Waals surface area contributed by atoms with E-state index in [0.717, 1.165) is 0 Å². The number of nitrogens with two attached hydrogens (primary N) is 7. The summed E-state index contributed by atoms with van der Waals surface area (Å²) >= 11 is 0. The fraction of sp³-hybridized carbons (Fsp3) is 0.200. The summed E-state index contributed by atoms with van der Waals surface area (Å²) in [6.45, 7) is 5.29. The maximum Gasteiger partial charge on any atom is 0.173 e. The molecule has 124 valence electrons. The highest BCUT2D eigenvalue weighted by atomic mass is 16.5. The van der Waals surface area contributed by atoms with Crippen molar-refractivity contribution in [2.24, 2.45) is 0 Å².